The molecule has 1 amide bonds. The number of carbonyl (C=O) groups excluding carboxylic acids is 1. The van der Waals surface area contributed by atoms with Gasteiger partial charge in [0.25, 0.3) is 5.91 Å². The molecule has 0 unspecified atom stereocenters. The molecule has 0 aliphatic carbocycles. The Labute approximate surface area is 194 Å². The summed E-state index contributed by atoms with van der Waals surface area (Å²) in [5, 5.41) is 16.7. The van der Waals surface area contributed by atoms with E-state index >= 15 is 0 Å². The summed E-state index contributed by atoms with van der Waals surface area (Å²) in [7, 11) is 0. The highest BCUT2D eigenvalue weighted by molar-refractivity contribution is 7.19. The molecule has 0 aliphatic heterocycles. The fourth-order valence-electron chi connectivity index (χ4n) is 3.36. The number of ether oxygens (including phenoxy) is 1. The molecule has 8 heteroatoms. The van der Waals surface area contributed by atoms with Crippen molar-refractivity contribution in [2.45, 2.75) is 20.0 Å². The predicted octanol–water partition coefficient (Wildman–Crippen LogP) is 5.25. The predicted molar refractivity (Wildman–Crippen MR) is 129 cm³/mol. The van der Waals surface area contributed by atoms with Crippen LogP contribution in [0.1, 0.15) is 28.7 Å². The number of fused-ring (bicyclic) bond motifs is 1. The smallest absolute Gasteiger partial charge is 0.255 e. The van der Waals surface area contributed by atoms with E-state index in [9.17, 15) is 4.79 Å². The Hall–Kier alpha value is -4.04. The molecule has 3 aromatic carbocycles. The lowest BCUT2D eigenvalue weighted by molar-refractivity contribution is 0.102. The SMILES string of the molecule is CCc1nnc2sc(-c3ccc(NC(=O)c4cccc(OCc5ccccc5)c4)cc3)nn12. The lowest BCUT2D eigenvalue weighted by Crippen LogP contribution is -2.11. The maximum atomic E-state index is 12.8. The molecule has 0 spiro atoms. The highest BCUT2D eigenvalue weighted by Gasteiger charge is 2.12. The van der Waals surface area contributed by atoms with E-state index in [4.69, 9.17) is 4.74 Å². The molecule has 33 heavy (non-hydrogen) atoms. The molecular weight excluding hydrogens is 434 g/mol. The Balaban J connectivity index is 1.25. The summed E-state index contributed by atoms with van der Waals surface area (Å²) in [6, 6.07) is 24.7. The molecule has 0 radical (unpaired) electrons. The Bertz CT molecular complexity index is 1390. The van der Waals surface area contributed by atoms with Crippen LogP contribution in [0.5, 0.6) is 5.75 Å². The zero-order valence-corrected chi connectivity index (χ0v) is 18.7. The number of carbonyl (C=O) groups is 1. The van der Waals surface area contributed by atoms with Crippen LogP contribution in [0.2, 0.25) is 0 Å². The lowest BCUT2D eigenvalue weighted by atomic mass is 10.1. The minimum atomic E-state index is -0.195. The topological polar surface area (TPSA) is 81.4 Å². The van der Waals surface area contributed by atoms with Gasteiger partial charge in [-0.3, -0.25) is 4.79 Å². The van der Waals surface area contributed by atoms with Gasteiger partial charge >= 0.3 is 0 Å². The van der Waals surface area contributed by atoms with Crippen molar-refractivity contribution in [3.63, 3.8) is 0 Å². The first-order chi connectivity index (χ1) is 16.2. The molecule has 0 saturated carbocycles. The van der Waals surface area contributed by atoms with Gasteiger partial charge in [-0.2, -0.15) is 9.61 Å². The highest BCUT2D eigenvalue weighted by atomic mass is 32.1. The van der Waals surface area contributed by atoms with Gasteiger partial charge in [0.15, 0.2) is 5.82 Å². The van der Waals surface area contributed by atoms with Crippen LogP contribution in [0, 0.1) is 0 Å². The molecule has 0 atom stereocenters. The van der Waals surface area contributed by atoms with Crippen molar-refractivity contribution in [2.24, 2.45) is 0 Å². The zero-order valence-electron chi connectivity index (χ0n) is 17.9. The number of rotatable bonds is 7. The first kappa shape index (κ1) is 20.8. The third-order valence-electron chi connectivity index (χ3n) is 5.11. The number of hydrogen-bond acceptors (Lipinski definition) is 6. The van der Waals surface area contributed by atoms with Gasteiger partial charge in [0, 0.05) is 23.2 Å². The quantitative estimate of drug-likeness (QED) is 0.363. The van der Waals surface area contributed by atoms with Gasteiger partial charge in [-0.25, -0.2) is 0 Å². The maximum Gasteiger partial charge on any atom is 0.255 e. The number of hydrogen-bond donors (Lipinski definition) is 1. The van der Waals surface area contributed by atoms with Crippen LogP contribution >= 0.6 is 11.3 Å². The van der Waals surface area contributed by atoms with E-state index in [0.29, 0.717) is 23.6 Å². The average molecular weight is 456 g/mol. The Morgan fingerprint density at radius 3 is 2.61 bits per heavy atom. The first-order valence-corrected chi connectivity index (χ1v) is 11.4. The van der Waals surface area contributed by atoms with E-state index < -0.39 is 0 Å². The Kier molecular flexibility index (Phi) is 5.82. The van der Waals surface area contributed by atoms with Crippen molar-refractivity contribution in [3.8, 4) is 16.3 Å². The molecule has 5 rings (SSSR count). The normalized spacial score (nSPS) is 10.9. The van der Waals surface area contributed by atoms with Crippen molar-refractivity contribution in [1.82, 2.24) is 19.8 Å². The summed E-state index contributed by atoms with van der Waals surface area (Å²) in [5.41, 5.74) is 3.27. The molecular formula is C25H21N5O2S. The van der Waals surface area contributed by atoms with Crippen molar-refractivity contribution in [2.75, 3.05) is 5.32 Å². The number of nitrogens with zero attached hydrogens (tertiary/aromatic N) is 4. The van der Waals surface area contributed by atoms with Crippen LogP contribution in [-0.4, -0.2) is 25.7 Å². The number of anilines is 1. The zero-order chi connectivity index (χ0) is 22.6. The van der Waals surface area contributed by atoms with Crippen LogP contribution in [0.25, 0.3) is 15.5 Å². The molecule has 0 aliphatic rings. The summed E-state index contributed by atoms with van der Waals surface area (Å²) >= 11 is 1.48. The first-order valence-electron chi connectivity index (χ1n) is 10.6. The summed E-state index contributed by atoms with van der Waals surface area (Å²) in [5.74, 6) is 1.29. The number of nitrogens with one attached hydrogen (secondary N) is 1. The molecule has 0 saturated heterocycles. The van der Waals surface area contributed by atoms with Gasteiger partial charge in [0.1, 0.15) is 17.4 Å². The lowest BCUT2D eigenvalue weighted by Gasteiger charge is -2.09. The van der Waals surface area contributed by atoms with E-state index in [1.807, 2.05) is 73.7 Å². The molecule has 7 nitrogen and oxygen atoms in total. The minimum Gasteiger partial charge on any atom is -0.489 e. The van der Waals surface area contributed by atoms with Crippen LogP contribution in [0.4, 0.5) is 5.69 Å². The number of aromatic nitrogens is 4. The van der Waals surface area contributed by atoms with Gasteiger partial charge in [-0.1, -0.05) is 54.7 Å². The summed E-state index contributed by atoms with van der Waals surface area (Å²) < 4.78 is 7.62. The van der Waals surface area contributed by atoms with Gasteiger partial charge in [-0.05, 0) is 48.0 Å². The van der Waals surface area contributed by atoms with E-state index in [1.165, 1.54) is 11.3 Å². The minimum absolute atomic E-state index is 0.195. The highest BCUT2D eigenvalue weighted by Crippen LogP contribution is 2.27. The number of amides is 1. The number of aryl methyl sites for hydroxylation is 1. The van der Waals surface area contributed by atoms with Crippen LogP contribution in [0.3, 0.4) is 0 Å². The van der Waals surface area contributed by atoms with Gasteiger partial charge < -0.3 is 10.1 Å². The van der Waals surface area contributed by atoms with E-state index in [-0.39, 0.29) is 5.91 Å². The second-order valence-corrected chi connectivity index (χ2v) is 8.36. The molecule has 0 bridgehead atoms. The molecule has 2 aromatic heterocycles. The van der Waals surface area contributed by atoms with Crippen molar-refractivity contribution in [3.05, 3.63) is 95.8 Å². The standard InChI is InChI=1S/C25H21N5O2S/c1-2-22-27-28-25-30(22)29-24(33-25)18-11-13-20(14-12-18)26-23(31)19-9-6-10-21(15-19)32-16-17-7-4-3-5-8-17/h3-15H,2,16H2,1H3,(H,26,31). The molecule has 2 heterocycles. The van der Waals surface area contributed by atoms with Crippen LogP contribution < -0.4 is 10.1 Å². The fraction of sp³-hybridized carbons (Fsp3) is 0.120. The van der Waals surface area contributed by atoms with E-state index in [1.54, 1.807) is 16.6 Å². The fourth-order valence-corrected chi connectivity index (χ4v) is 4.23. The Morgan fingerprint density at radius 2 is 1.82 bits per heavy atom. The van der Waals surface area contributed by atoms with Crippen LogP contribution in [0.15, 0.2) is 78.9 Å². The second kappa shape index (κ2) is 9.22. The van der Waals surface area contributed by atoms with Crippen molar-refractivity contribution in [1.29, 1.82) is 0 Å². The van der Waals surface area contributed by atoms with Crippen LogP contribution in [-0.2, 0) is 13.0 Å². The van der Waals surface area contributed by atoms with Gasteiger partial charge in [0.05, 0.1) is 0 Å². The maximum absolute atomic E-state index is 12.8. The summed E-state index contributed by atoms with van der Waals surface area (Å²) in [6.45, 7) is 2.47. The summed E-state index contributed by atoms with van der Waals surface area (Å²) in [6.07, 6.45) is 0.772. The van der Waals surface area contributed by atoms with Gasteiger partial charge in [0.2, 0.25) is 4.96 Å². The third kappa shape index (κ3) is 4.61. The second-order valence-electron chi connectivity index (χ2n) is 7.40. The largest absolute Gasteiger partial charge is 0.489 e. The molecule has 5 aromatic rings. The van der Waals surface area contributed by atoms with Gasteiger partial charge in [-0.15, -0.1) is 10.2 Å². The van der Waals surface area contributed by atoms with Crippen molar-refractivity contribution < 1.29 is 9.53 Å². The molecule has 164 valence electrons. The molecule has 0 fully saturated rings. The molecule has 1 N–H and O–H groups in total. The Morgan fingerprint density at radius 1 is 1.00 bits per heavy atom. The van der Waals surface area contributed by atoms with E-state index in [0.717, 1.165) is 33.3 Å². The average Bonchev–Trinajstić information content (AvgIpc) is 3.45. The third-order valence-corrected chi connectivity index (χ3v) is 6.05. The van der Waals surface area contributed by atoms with E-state index in [2.05, 4.69) is 20.6 Å². The summed E-state index contributed by atoms with van der Waals surface area (Å²) in [4.78, 5) is 13.5. The van der Waals surface area contributed by atoms with Crippen molar-refractivity contribution >= 4 is 27.9 Å². The number of benzene rings is 3. The monoisotopic (exact) mass is 455 g/mol.